The summed E-state index contributed by atoms with van der Waals surface area (Å²) in [6.07, 6.45) is 9.48. The lowest BCUT2D eigenvalue weighted by molar-refractivity contribution is -0.277. The Morgan fingerprint density at radius 1 is 1.24 bits per heavy atom. The summed E-state index contributed by atoms with van der Waals surface area (Å²) in [5.41, 5.74) is 0.259. The number of Topliss-reactive ketones (excluding diaryl/α,β-unsaturated/α-hetero) is 1. The molecule has 1 aromatic heterocycles. The first-order chi connectivity index (χ1) is 17.5. The maximum absolute atomic E-state index is 14.0. The molecule has 7 unspecified atom stereocenters. The number of ketones is 2. The Hall–Kier alpha value is -1.74. The van der Waals surface area contributed by atoms with E-state index in [1.807, 2.05) is 19.2 Å². The van der Waals surface area contributed by atoms with Crippen LogP contribution in [0.2, 0.25) is 0 Å². The third-order valence-corrected chi connectivity index (χ3v) is 11.0. The summed E-state index contributed by atoms with van der Waals surface area (Å²) in [6, 6.07) is 1.87. The SMILES string of the molecule is CC(=O)SCC(=O)C1(ON(C)Cc2ccoc2)CCC2C3CCC4=CC(=O)CCC4(C)C3C(O)CC21C. The highest BCUT2D eigenvalue weighted by atomic mass is 32.2. The molecular formula is C29H39NO6S. The van der Waals surface area contributed by atoms with Gasteiger partial charge in [-0.1, -0.05) is 31.2 Å². The Bertz CT molecular complexity index is 1100. The van der Waals surface area contributed by atoms with Gasteiger partial charge in [-0.15, -0.1) is 0 Å². The van der Waals surface area contributed by atoms with Crippen molar-refractivity contribution in [1.82, 2.24) is 5.06 Å². The molecule has 8 heteroatoms. The van der Waals surface area contributed by atoms with Crippen LogP contribution in [0.1, 0.15) is 71.3 Å². The van der Waals surface area contributed by atoms with Crippen molar-refractivity contribution in [1.29, 1.82) is 0 Å². The Labute approximate surface area is 223 Å². The number of fused-ring (bicyclic) bond motifs is 5. The van der Waals surface area contributed by atoms with Crippen molar-refractivity contribution in [3.05, 3.63) is 35.8 Å². The minimum Gasteiger partial charge on any atom is -0.472 e. The van der Waals surface area contributed by atoms with Gasteiger partial charge in [0.25, 0.3) is 0 Å². The lowest BCUT2D eigenvalue weighted by Crippen LogP contribution is -2.63. The Morgan fingerprint density at radius 2 is 2.03 bits per heavy atom. The van der Waals surface area contributed by atoms with E-state index in [2.05, 4.69) is 13.8 Å². The molecule has 4 aliphatic rings. The number of allylic oxidation sites excluding steroid dienone is 1. The molecule has 4 aliphatic carbocycles. The largest absolute Gasteiger partial charge is 0.472 e. The molecule has 0 aliphatic heterocycles. The number of carbonyl (C=O) groups is 3. The van der Waals surface area contributed by atoms with Crippen LogP contribution in [-0.4, -0.2) is 51.4 Å². The van der Waals surface area contributed by atoms with Gasteiger partial charge in [0.1, 0.15) is 0 Å². The van der Waals surface area contributed by atoms with Gasteiger partial charge in [0.05, 0.1) is 30.9 Å². The summed E-state index contributed by atoms with van der Waals surface area (Å²) in [4.78, 5) is 44.6. The van der Waals surface area contributed by atoms with E-state index >= 15 is 0 Å². The van der Waals surface area contributed by atoms with Crippen molar-refractivity contribution in [2.45, 2.75) is 84.0 Å². The van der Waals surface area contributed by atoms with Crippen LogP contribution in [-0.2, 0) is 25.8 Å². The fourth-order valence-electron chi connectivity index (χ4n) is 8.56. The molecule has 0 aromatic carbocycles. The average Bonchev–Trinajstić information content (AvgIpc) is 3.43. The van der Waals surface area contributed by atoms with Crippen LogP contribution in [0.5, 0.6) is 0 Å². The van der Waals surface area contributed by atoms with Crippen LogP contribution < -0.4 is 0 Å². The van der Waals surface area contributed by atoms with E-state index in [0.717, 1.165) is 43.0 Å². The van der Waals surface area contributed by atoms with E-state index in [9.17, 15) is 19.5 Å². The zero-order valence-electron chi connectivity index (χ0n) is 22.3. The number of thioether (sulfide) groups is 1. The number of aliphatic hydroxyl groups is 1. The number of furan rings is 1. The maximum Gasteiger partial charge on any atom is 0.186 e. The standard InChI is InChI=1S/C29H39NO6S/c1-18(31)37-17-25(34)29(36-30(4)15-19-9-12-35-16-19)11-8-23-22-6-5-20-13-21(32)7-10-27(20,2)26(22)24(33)14-28(23,29)3/h9,12-13,16,22-24,26,33H,5-8,10-11,14-15,17H2,1-4H3. The molecule has 37 heavy (non-hydrogen) atoms. The van der Waals surface area contributed by atoms with Gasteiger partial charge in [-0.25, -0.2) is 0 Å². The lowest BCUT2D eigenvalue weighted by atomic mass is 9.45. The van der Waals surface area contributed by atoms with Crippen molar-refractivity contribution >= 4 is 28.4 Å². The molecule has 1 heterocycles. The molecule has 7 nitrogen and oxygen atoms in total. The first-order valence-electron chi connectivity index (χ1n) is 13.5. The molecule has 202 valence electrons. The zero-order valence-corrected chi connectivity index (χ0v) is 23.1. The minimum atomic E-state index is -1.12. The van der Waals surface area contributed by atoms with Crippen LogP contribution >= 0.6 is 11.8 Å². The summed E-state index contributed by atoms with van der Waals surface area (Å²) >= 11 is 1.03. The second kappa shape index (κ2) is 9.78. The highest BCUT2D eigenvalue weighted by Gasteiger charge is 2.69. The topological polar surface area (TPSA) is 97.1 Å². The number of aliphatic hydroxyl groups excluding tert-OH is 1. The van der Waals surface area contributed by atoms with Crippen molar-refractivity contribution in [3.63, 3.8) is 0 Å². The Morgan fingerprint density at radius 3 is 2.73 bits per heavy atom. The van der Waals surface area contributed by atoms with Crippen LogP contribution in [0, 0.1) is 28.6 Å². The molecule has 5 rings (SSSR count). The van der Waals surface area contributed by atoms with Gasteiger partial charge in [-0.05, 0) is 73.8 Å². The van der Waals surface area contributed by atoms with Crippen molar-refractivity contribution < 1.29 is 28.7 Å². The predicted molar refractivity (Wildman–Crippen MR) is 140 cm³/mol. The number of hydrogen-bond acceptors (Lipinski definition) is 8. The molecule has 0 saturated heterocycles. The van der Waals surface area contributed by atoms with E-state index in [-0.39, 0.29) is 45.6 Å². The molecule has 0 amide bonds. The highest BCUT2D eigenvalue weighted by Crippen LogP contribution is 2.68. The Balaban J connectivity index is 1.49. The summed E-state index contributed by atoms with van der Waals surface area (Å²) in [5.74, 6) is 0.720. The first kappa shape index (κ1) is 26.9. The smallest absolute Gasteiger partial charge is 0.186 e. The summed E-state index contributed by atoms with van der Waals surface area (Å²) < 4.78 is 5.21. The van der Waals surface area contributed by atoms with Gasteiger partial charge in [-0.3, -0.25) is 19.2 Å². The molecule has 0 radical (unpaired) electrons. The number of carbonyl (C=O) groups excluding carboxylic acids is 3. The summed E-state index contributed by atoms with van der Waals surface area (Å²) in [6.45, 7) is 6.30. The molecule has 7 atom stereocenters. The first-order valence-corrected chi connectivity index (χ1v) is 14.5. The summed E-state index contributed by atoms with van der Waals surface area (Å²) in [7, 11) is 1.83. The Kier molecular flexibility index (Phi) is 7.10. The average molecular weight is 530 g/mol. The monoisotopic (exact) mass is 529 g/mol. The van der Waals surface area contributed by atoms with Crippen molar-refractivity contribution in [2.75, 3.05) is 12.8 Å². The third kappa shape index (κ3) is 4.38. The molecule has 1 N–H and O–H groups in total. The quantitative estimate of drug-likeness (QED) is 0.506. The van der Waals surface area contributed by atoms with Gasteiger partial charge < -0.3 is 9.52 Å². The number of nitrogens with zero attached hydrogens (tertiary/aromatic N) is 1. The normalized spacial score (nSPS) is 39.1. The van der Waals surface area contributed by atoms with Gasteiger partial charge >= 0.3 is 0 Å². The highest BCUT2D eigenvalue weighted by molar-refractivity contribution is 8.14. The van der Waals surface area contributed by atoms with Crippen LogP contribution in [0.25, 0.3) is 0 Å². The number of rotatable bonds is 7. The van der Waals surface area contributed by atoms with Crippen molar-refractivity contribution in [3.8, 4) is 0 Å². The van der Waals surface area contributed by atoms with Gasteiger partial charge in [-0.2, -0.15) is 5.06 Å². The third-order valence-electron chi connectivity index (χ3n) is 10.2. The van der Waals surface area contributed by atoms with E-state index < -0.39 is 17.1 Å². The number of hydroxylamine groups is 2. The molecule has 1 aromatic rings. The van der Waals surface area contributed by atoms with Gasteiger partial charge in [0.2, 0.25) is 0 Å². The second-order valence-corrected chi connectivity index (χ2v) is 13.3. The number of hydrogen-bond donors (Lipinski definition) is 1. The van der Waals surface area contributed by atoms with E-state index in [1.54, 1.807) is 17.6 Å². The predicted octanol–water partition coefficient (Wildman–Crippen LogP) is 4.73. The van der Waals surface area contributed by atoms with Gasteiger partial charge in [0.15, 0.2) is 22.3 Å². The van der Waals surface area contributed by atoms with Crippen LogP contribution in [0.3, 0.4) is 0 Å². The molecule has 0 spiro atoms. The van der Waals surface area contributed by atoms with Crippen LogP contribution in [0.4, 0.5) is 0 Å². The van der Waals surface area contributed by atoms with Crippen LogP contribution in [0.15, 0.2) is 34.7 Å². The maximum atomic E-state index is 14.0. The molecule has 0 bridgehead atoms. The zero-order chi connectivity index (χ0) is 26.6. The summed E-state index contributed by atoms with van der Waals surface area (Å²) in [5, 5.41) is 13.4. The fourth-order valence-corrected chi connectivity index (χ4v) is 9.12. The van der Waals surface area contributed by atoms with E-state index in [4.69, 9.17) is 9.25 Å². The minimum absolute atomic E-state index is 0.0636. The molecule has 3 saturated carbocycles. The molecular weight excluding hydrogens is 490 g/mol. The van der Waals surface area contributed by atoms with Crippen molar-refractivity contribution in [2.24, 2.45) is 28.6 Å². The van der Waals surface area contributed by atoms with Gasteiger partial charge in [0, 0.05) is 31.4 Å². The second-order valence-electron chi connectivity index (χ2n) is 12.2. The van der Waals surface area contributed by atoms with E-state index in [0.29, 0.717) is 25.8 Å². The lowest BCUT2D eigenvalue weighted by Gasteiger charge is -2.61. The molecule has 3 fully saturated rings. The van der Waals surface area contributed by atoms with E-state index in [1.165, 1.54) is 12.5 Å². The fraction of sp³-hybridized carbons (Fsp3) is 0.690.